The summed E-state index contributed by atoms with van der Waals surface area (Å²) in [7, 11) is 5.27. The van der Waals surface area contributed by atoms with E-state index >= 15 is 9.59 Å². The summed E-state index contributed by atoms with van der Waals surface area (Å²) in [6, 6.07) is 2.74. The van der Waals surface area contributed by atoms with E-state index in [-0.39, 0.29) is 41.9 Å². The lowest BCUT2D eigenvalue weighted by Crippen LogP contribution is -2.62. The number of aliphatic hydroxyl groups excluding tert-OH is 1. The van der Waals surface area contributed by atoms with Gasteiger partial charge in [0.05, 0.1) is 59.6 Å². The molecule has 4 aliphatic heterocycles. The van der Waals surface area contributed by atoms with E-state index in [4.69, 9.17) is 37.9 Å². The fourth-order valence-electron chi connectivity index (χ4n) is 12.1. The van der Waals surface area contributed by atoms with E-state index in [0.29, 0.717) is 45.2 Å². The number of unbranched alkanes of at least 4 members (excludes halogenated alkanes) is 1. The number of esters is 1. The number of amides is 1. The van der Waals surface area contributed by atoms with Crippen LogP contribution in [0.3, 0.4) is 0 Å². The van der Waals surface area contributed by atoms with Crippen LogP contribution in [0.4, 0.5) is 4.79 Å². The minimum absolute atomic E-state index is 0.0296. The Hall–Kier alpha value is -3.55. The molecule has 0 saturated carbocycles. The molecular weight excluding hydrogens is 923 g/mol. The van der Waals surface area contributed by atoms with Gasteiger partial charge in [0.25, 0.3) is 0 Å². The first-order chi connectivity index (χ1) is 33.7. The number of aliphatic hydroxyl groups is 1. The lowest BCUT2D eigenvalue weighted by Gasteiger charge is -2.51. The third-order valence-electron chi connectivity index (χ3n) is 17.3. The fraction of sp³-hybridized carbons (Fsp3) is 0.800. The van der Waals surface area contributed by atoms with Crippen LogP contribution >= 0.6 is 0 Å². The summed E-state index contributed by atoms with van der Waals surface area (Å²) in [4.78, 5) is 57.2. The predicted octanol–water partition coefficient (Wildman–Crippen LogP) is 8.09. The summed E-state index contributed by atoms with van der Waals surface area (Å²) in [5.74, 6) is -3.67. The number of carbonyl (C=O) groups excluding carboxylic acids is 3. The summed E-state index contributed by atoms with van der Waals surface area (Å²) < 4.78 is 54.9. The molecule has 0 spiro atoms. The molecule has 0 aromatic carbocycles. The van der Waals surface area contributed by atoms with Gasteiger partial charge >= 0.3 is 12.1 Å². The van der Waals surface area contributed by atoms with Crippen LogP contribution in [0.25, 0.3) is 11.3 Å². The third kappa shape index (κ3) is 12.1. The first kappa shape index (κ1) is 57.7. The molecule has 406 valence electrons. The molecule has 4 aliphatic rings. The summed E-state index contributed by atoms with van der Waals surface area (Å²) >= 11 is 0. The molecule has 0 aliphatic carbocycles. The smallest absolute Gasteiger partial charge is 0.410 e. The van der Waals surface area contributed by atoms with Gasteiger partial charge in [-0.1, -0.05) is 34.6 Å². The van der Waals surface area contributed by atoms with Crippen molar-refractivity contribution in [3.8, 4) is 11.3 Å². The molecule has 1 N–H and O–H groups in total. The standard InChI is InChI=1S/C55H89N5O12/c1-18-42-55(14)47(60(51(64)72-55)25-20-19-24-59-30-40(57-31-59)39-22-21-23-56-29-39)34(4)44(61)32(2)27-54(13,66-17)48(71-50-45(62)41(26-33(3)67-50)58(15)52(9,10)11)35(5)46(36(6)49(63)69-42)70-43-28-53(12,65-16)37(7)38(8)68-43/h21-23,29-38,41-43,45-48,50,62H,18-20,24-28H2,1-17H3/t32-,33-,34+,35+,36-,37+,38+,41+,42-,43+,45-,46+,47-,48-,50+,53-,54-,55-/m1/s1. The minimum Gasteiger partial charge on any atom is -0.458 e. The molecule has 72 heavy (non-hydrogen) atoms. The average molecular weight is 1010 g/mol. The van der Waals surface area contributed by atoms with Crippen molar-refractivity contribution in [2.45, 2.75) is 226 Å². The maximum Gasteiger partial charge on any atom is 0.410 e. The number of cyclic esters (lactones) is 1. The maximum atomic E-state index is 15.2. The average Bonchev–Trinajstić information content (AvgIpc) is 3.92. The number of nitrogens with zero attached hydrogens (tertiary/aromatic N) is 5. The maximum absolute atomic E-state index is 15.2. The molecule has 17 heteroatoms. The predicted molar refractivity (Wildman–Crippen MR) is 271 cm³/mol. The van der Waals surface area contributed by atoms with Crippen LogP contribution in [0.1, 0.15) is 135 Å². The van der Waals surface area contributed by atoms with Gasteiger partial charge in [-0.2, -0.15) is 0 Å². The Morgan fingerprint density at radius 1 is 0.917 bits per heavy atom. The molecule has 17 nitrogen and oxygen atoms in total. The number of carbonyl (C=O) groups is 3. The van der Waals surface area contributed by atoms with Crippen LogP contribution in [-0.4, -0.2) is 159 Å². The third-order valence-corrected chi connectivity index (χ3v) is 17.3. The topological polar surface area (TPSA) is 182 Å². The number of hydrogen-bond acceptors (Lipinski definition) is 15. The Morgan fingerprint density at radius 3 is 2.22 bits per heavy atom. The highest BCUT2D eigenvalue weighted by atomic mass is 16.7. The number of rotatable bonds is 14. The van der Waals surface area contributed by atoms with Gasteiger partial charge in [0.2, 0.25) is 0 Å². The normalized spacial score (nSPS) is 39.6. The zero-order valence-corrected chi connectivity index (χ0v) is 46.5. The number of fused-ring (bicyclic) bond motifs is 1. The first-order valence-corrected chi connectivity index (χ1v) is 26.5. The molecule has 1 amide bonds. The molecule has 6 heterocycles. The summed E-state index contributed by atoms with van der Waals surface area (Å²) in [5, 5.41) is 12.2. The number of aryl methyl sites for hydroxylation is 1. The van der Waals surface area contributed by atoms with Crippen molar-refractivity contribution in [1.29, 1.82) is 0 Å². The summed E-state index contributed by atoms with van der Waals surface area (Å²) in [6.07, 6.45) is 3.10. The van der Waals surface area contributed by atoms with E-state index in [1.165, 1.54) is 0 Å². The van der Waals surface area contributed by atoms with Crippen molar-refractivity contribution in [3.05, 3.63) is 37.1 Å². The van der Waals surface area contributed by atoms with E-state index in [1.54, 1.807) is 51.7 Å². The molecule has 0 unspecified atom stereocenters. The van der Waals surface area contributed by atoms with Crippen molar-refractivity contribution >= 4 is 17.8 Å². The second-order valence-corrected chi connectivity index (χ2v) is 23.3. The molecule has 4 saturated heterocycles. The number of ether oxygens (including phenoxy) is 8. The van der Waals surface area contributed by atoms with Crippen molar-refractivity contribution in [1.82, 2.24) is 24.3 Å². The molecule has 6 rings (SSSR count). The van der Waals surface area contributed by atoms with Crippen LogP contribution in [0.5, 0.6) is 0 Å². The Bertz CT molecular complexity index is 2120. The number of hydrogen-bond donors (Lipinski definition) is 1. The van der Waals surface area contributed by atoms with Gasteiger partial charge in [-0.05, 0) is 114 Å². The fourth-order valence-corrected chi connectivity index (χ4v) is 12.1. The number of aromatic nitrogens is 3. The zero-order chi connectivity index (χ0) is 53.2. The number of imidazole rings is 1. The second-order valence-electron chi connectivity index (χ2n) is 23.3. The highest BCUT2D eigenvalue weighted by molar-refractivity contribution is 5.85. The van der Waals surface area contributed by atoms with Crippen molar-refractivity contribution in [3.63, 3.8) is 0 Å². The van der Waals surface area contributed by atoms with Crippen molar-refractivity contribution in [2.75, 3.05) is 27.8 Å². The van der Waals surface area contributed by atoms with Crippen LogP contribution in [0, 0.1) is 29.6 Å². The molecular formula is C55H89N5O12. The Kier molecular flexibility index (Phi) is 18.6. The highest BCUT2D eigenvalue weighted by Gasteiger charge is 2.61. The SMILES string of the molecule is CC[C@H]1OC(=O)[C@H](C)[C@@H](O[C@H]2C[C@@](C)(OC)[C@@H](C)[C@H](C)O2)[C@H](C)[C@@H](O[C@@H]2O[C@H](C)C[C@H](N(C)C(C)(C)C)[C@H]2O)[C@](C)(OC)C[C@@H](C)C(=O)[C@H](C)[C@H]2N(CCCCn3cnc(-c4cccnc4)c3)C(=O)O[C@]12C. The minimum atomic E-state index is -1.40. The van der Waals surface area contributed by atoms with E-state index in [0.717, 1.165) is 11.3 Å². The number of ketones is 1. The Balaban J connectivity index is 1.38. The van der Waals surface area contributed by atoms with Gasteiger partial charge < -0.3 is 52.5 Å². The molecule has 2 aromatic heterocycles. The van der Waals surface area contributed by atoms with Crippen molar-refractivity contribution in [2.24, 2.45) is 29.6 Å². The number of pyridine rings is 1. The van der Waals surface area contributed by atoms with Crippen molar-refractivity contribution < 1.29 is 57.4 Å². The quantitative estimate of drug-likeness (QED) is 0.142. The number of methoxy groups -OCH3 is 2. The first-order valence-electron chi connectivity index (χ1n) is 26.5. The number of Topliss-reactive ketones (excluding diaryl/α,β-unsaturated/α-hetero) is 1. The van der Waals surface area contributed by atoms with E-state index < -0.39 is 95.6 Å². The van der Waals surface area contributed by atoms with Gasteiger partial charge in [-0.15, -0.1) is 0 Å². The largest absolute Gasteiger partial charge is 0.458 e. The van der Waals surface area contributed by atoms with Gasteiger partial charge in [-0.3, -0.25) is 19.5 Å². The van der Waals surface area contributed by atoms with Gasteiger partial charge in [0.15, 0.2) is 18.2 Å². The Morgan fingerprint density at radius 2 is 1.60 bits per heavy atom. The van der Waals surface area contributed by atoms with Crippen LogP contribution in [0.15, 0.2) is 37.1 Å². The molecule has 18 atom stereocenters. The van der Waals surface area contributed by atoms with Crippen LogP contribution in [0.2, 0.25) is 0 Å². The molecule has 0 bridgehead atoms. The number of likely N-dealkylation sites (N-methyl/N-ethyl adjacent to an activating group) is 1. The van der Waals surface area contributed by atoms with Crippen LogP contribution in [-0.2, 0) is 54.0 Å². The Labute approximate surface area is 429 Å². The lowest BCUT2D eigenvalue weighted by atomic mass is 9.73. The van der Waals surface area contributed by atoms with Crippen LogP contribution < -0.4 is 0 Å². The van der Waals surface area contributed by atoms with Gasteiger partial charge in [0.1, 0.15) is 18.0 Å². The lowest BCUT2D eigenvalue weighted by molar-refractivity contribution is -0.316. The van der Waals surface area contributed by atoms with E-state index in [2.05, 4.69) is 42.6 Å². The summed E-state index contributed by atoms with van der Waals surface area (Å²) in [6.45, 7) is 28.4. The second kappa shape index (κ2) is 23.1. The van der Waals surface area contributed by atoms with E-state index in [9.17, 15) is 9.90 Å². The highest BCUT2D eigenvalue weighted by Crippen LogP contribution is 2.45. The monoisotopic (exact) mass is 1010 g/mol. The van der Waals surface area contributed by atoms with Gasteiger partial charge in [0, 0.05) is 93.1 Å². The van der Waals surface area contributed by atoms with Gasteiger partial charge in [-0.25, -0.2) is 9.78 Å². The van der Waals surface area contributed by atoms with E-state index in [1.807, 2.05) is 85.3 Å². The molecule has 2 aromatic rings. The molecule has 0 radical (unpaired) electrons. The molecule has 4 fully saturated rings. The zero-order valence-electron chi connectivity index (χ0n) is 46.5. The summed E-state index contributed by atoms with van der Waals surface area (Å²) in [5.41, 5.74) is -1.78.